The molecular formula is C13H10N6. The molecule has 6 heteroatoms. The Kier molecular flexibility index (Phi) is 2.58. The van der Waals surface area contributed by atoms with Gasteiger partial charge in [0, 0.05) is 29.2 Å². The molecule has 1 N–H and O–H groups in total. The first kappa shape index (κ1) is 11.2. The van der Waals surface area contributed by atoms with Crippen LogP contribution in [0.1, 0.15) is 5.56 Å². The Labute approximate surface area is 109 Å². The van der Waals surface area contributed by atoms with Crippen LogP contribution in [0, 0.1) is 11.3 Å². The quantitative estimate of drug-likeness (QED) is 0.719. The van der Waals surface area contributed by atoms with Gasteiger partial charge in [0.25, 0.3) is 0 Å². The van der Waals surface area contributed by atoms with Crippen LogP contribution in [0.5, 0.6) is 0 Å². The summed E-state index contributed by atoms with van der Waals surface area (Å²) in [5.74, 6) is 0.516. The van der Waals surface area contributed by atoms with E-state index in [1.54, 1.807) is 6.08 Å². The maximum atomic E-state index is 9.20. The van der Waals surface area contributed by atoms with Gasteiger partial charge < -0.3 is 4.57 Å². The van der Waals surface area contributed by atoms with Crippen LogP contribution in [0.25, 0.3) is 22.3 Å². The number of allylic oxidation sites excluding steroid dienone is 1. The first-order valence-electron chi connectivity index (χ1n) is 5.71. The molecule has 2 heterocycles. The molecule has 0 spiro atoms. The number of aromatic amines is 1. The SMILES string of the molecule is C=CCn1cc(C#N)c2cc(-c3nn[nH]n3)ccc21. The van der Waals surface area contributed by atoms with E-state index in [1.165, 1.54) is 0 Å². The first-order valence-corrected chi connectivity index (χ1v) is 5.71. The minimum Gasteiger partial charge on any atom is -0.342 e. The monoisotopic (exact) mass is 250 g/mol. The zero-order valence-electron chi connectivity index (χ0n) is 10.0. The topological polar surface area (TPSA) is 83.2 Å². The fourth-order valence-corrected chi connectivity index (χ4v) is 2.10. The predicted octanol–water partition coefficient (Wildman–Crippen LogP) is 1.88. The van der Waals surface area contributed by atoms with Crippen molar-refractivity contribution >= 4 is 10.9 Å². The number of nitriles is 1. The van der Waals surface area contributed by atoms with E-state index in [-0.39, 0.29) is 0 Å². The van der Waals surface area contributed by atoms with Crippen LogP contribution in [0.3, 0.4) is 0 Å². The summed E-state index contributed by atoms with van der Waals surface area (Å²) in [5, 5.41) is 23.9. The maximum absolute atomic E-state index is 9.20. The average molecular weight is 250 g/mol. The number of fused-ring (bicyclic) bond motifs is 1. The van der Waals surface area contributed by atoms with Gasteiger partial charge in [-0.3, -0.25) is 0 Å². The minimum atomic E-state index is 0.516. The van der Waals surface area contributed by atoms with Gasteiger partial charge >= 0.3 is 0 Å². The zero-order valence-corrected chi connectivity index (χ0v) is 10.0. The lowest BCUT2D eigenvalue weighted by molar-refractivity contribution is 0.864. The molecule has 3 aromatic rings. The van der Waals surface area contributed by atoms with E-state index < -0.39 is 0 Å². The Morgan fingerprint density at radius 3 is 3.05 bits per heavy atom. The third-order valence-electron chi connectivity index (χ3n) is 2.93. The number of hydrogen-bond acceptors (Lipinski definition) is 4. The molecule has 0 aliphatic carbocycles. The van der Waals surface area contributed by atoms with Crippen molar-refractivity contribution in [2.75, 3.05) is 0 Å². The number of hydrogen-bond donors (Lipinski definition) is 1. The summed E-state index contributed by atoms with van der Waals surface area (Å²) in [6, 6.07) is 7.96. The molecule has 0 fully saturated rings. The third-order valence-corrected chi connectivity index (χ3v) is 2.93. The molecule has 3 rings (SSSR count). The Morgan fingerprint density at radius 2 is 2.37 bits per heavy atom. The molecule has 0 aliphatic heterocycles. The van der Waals surface area contributed by atoms with Gasteiger partial charge in [0.05, 0.1) is 5.56 Å². The first-order chi connectivity index (χ1) is 9.33. The van der Waals surface area contributed by atoms with Gasteiger partial charge in [-0.15, -0.1) is 16.8 Å². The molecule has 0 saturated carbocycles. The van der Waals surface area contributed by atoms with Gasteiger partial charge in [-0.05, 0) is 23.4 Å². The van der Waals surface area contributed by atoms with E-state index in [4.69, 9.17) is 0 Å². The normalized spacial score (nSPS) is 10.5. The minimum absolute atomic E-state index is 0.516. The fraction of sp³-hybridized carbons (Fsp3) is 0.0769. The maximum Gasteiger partial charge on any atom is 0.204 e. The number of rotatable bonds is 3. The lowest BCUT2D eigenvalue weighted by Crippen LogP contribution is -1.91. The number of aromatic nitrogens is 5. The van der Waals surface area contributed by atoms with Gasteiger partial charge in [-0.25, -0.2) is 0 Å². The van der Waals surface area contributed by atoms with Gasteiger partial charge in [-0.1, -0.05) is 6.08 Å². The van der Waals surface area contributed by atoms with Crippen molar-refractivity contribution in [3.05, 3.63) is 42.6 Å². The molecule has 0 aliphatic rings. The van der Waals surface area contributed by atoms with Crippen LogP contribution in [-0.4, -0.2) is 25.2 Å². The second-order valence-corrected chi connectivity index (χ2v) is 4.06. The van der Waals surface area contributed by atoms with Crippen molar-refractivity contribution in [2.45, 2.75) is 6.54 Å². The largest absolute Gasteiger partial charge is 0.342 e. The summed E-state index contributed by atoms with van der Waals surface area (Å²) in [7, 11) is 0. The van der Waals surface area contributed by atoms with Crippen molar-refractivity contribution in [3.8, 4) is 17.5 Å². The number of benzene rings is 1. The molecular weight excluding hydrogens is 240 g/mol. The Morgan fingerprint density at radius 1 is 1.47 bits per heavy atom. The van der Waals surface area contributed by atoms with Gasteiger partial charge in [-0.2, -0.15) is 10.5 Å². The van der Waals surface area contributed by atoms with E-state index >= 15 is 0 Å². The standard InChI is InChI=1S/C13H10N6/c1-2-5-19-8-10(7-14)11-6-9(3-4-12(11)19)13-15-17-18-16-13/h2-4,6,8H,1,5H2,(H,15,16,17,18). The fourth-order valence-electron chi connectivity index (χ4n) is 2.10. The van der Waals surface area contributed by atoms with Crippen molar-refractivity contribution in [1.82, 2.24) is 25.2 Å². The summed E-state index contributed by atoms with van der Waals surface area (Å²) >= 11 is 0. The third kappa shape index (κ3) is 1.77. The zero-order chi connectivity index (χ0) is 13.2. The van der Waals surface area contributed by atoms with Gasteiger partial charge in [0.2, 0.25) is 5.82 Å². The van der Waals surface area contributed by atoms with Crippen LogP contribution in [0.4, 0.5) is 0 Å². The Bertz CT molecular complexity index is 775. The van der Waals surface area contributed by atoms with Crippen molar-refractivity contribution in [3.63, 3.8) is 0 Å². The van der Waals surface area contributed by atoms with E-state index in [2.05, 4.69) is 33.3 Å². The van der Waals surface area contributed by atoms with E-state index in [0.717, 1.165) is 16.5 Å². The highest BCUT2D eigenvalue weighted by Crippen LogP contribution is 2.25. The molecule has 19 heavy (non-hydrogen) atoms. The number of nitrogens with zero attached hydrogens (tertiary/aromatic N) is 5. The molecule has 6 nitrogen and oxygen atoms in total. The lowest BCUT2D eigenvalue weighted by atomic mass is 10.1. The molecule has 0 bridgehead atoms. The van der Waals surface area contributed by atoms with Crippen LogP contribution in [0.2, 0.25) is 0 Å². The number of H-pyrrole nitrogens is 1. The van der Waals surface area contributed by atoms with Crippen molar-refractivity contribution < 1.29 is 0 Å². The Hall–Kier alpha value is -2.94. The molecule has 0 saturated heterocycles. The molecule has 0 unspecified atom stereocenters. The summed E-state index contributed by atoms with van der Waals surface area (Å²) in [4.78, 5) is 0. The van der Waals surface area contributed by atoms with Crippen molar-refractivity contribution in [1.29, 1.82) is 5.26 Å². The molecule has 2 aromatic heterocycles. The van der Waals surface area contributed by atoms with E-state index in [0.29, 0.717) is 17.9 Å². The van der Waals surface area contributed by atoms with Crippen LogP contribution >= 0.6 is 0 Å². The molecule has 1 aromatic carbocycles. The molecule has 0 atom stereocenters. The summed E-state index contributed by atoms with van der Waals surface area (Å²) in [6.07, 6.45) is 3.63. The predicted molar refractivity (Wildman–Crippen MR) is 70.0 cm³/mol. The van der Waals surface area contributed by atoms with Crippen LogP contribution in [-0.2, 0) is 6.54 Å². The molecule has 0 amide bonds. The number of tetrazole rings is 1. The van der Waals surface area contributed by atoms with Gasteiger partial charge in [0.1, 0.15) is 6.07 Å². The van der Waals surface area contributed by atoms with Crippen LogP contribution < -0.4 is 0 Å². The molecule has 0 radical (unpaired) electrons. The van der Waals surface area contributed by atoms with Crippen LogP contribution in [0.15, 0.2) is 37.1 Å². The summed E-state index contributed by atoms with van der Waals surface area (Å²) < 4.78 is 1.99. The summed E-state index contributed by atoms with van der Waals surface area (Å²) in [5.41, 5.74) is 2.44. The van der Waals surface area contributed by atoms with Gasteiger partial charge in [0.15, 0.2) is 0 Å². The highest BCUT2D eigenvalue weighted by molar-refractivity contribution is 5.89. The lowest BCUT2D eigenvalue weighted by Gasteiger charge is -2.01. The second kappa shape index (κ2) is 4.38. The summed E-state index contributed by atoms with van der Waals surface area (Å²) in [6.45, 7) is 4.39. The van der Waals surface area contributed by atoms with E-state index in [9.17, 15) is 5.26 Å². The smallest absolute Gasteiger partial charge is 0.204 e. The molecule has 92 valence electrons. The van der Waals surface area contributed by atoms with E-state index in [1.807, 2.05) is 29.0 Å². The highest BCUT2D eigenvalue weighted by atomic mass is 15.5. The highest BCUT2D eigenvalue weighted by Gasteiger charge is 2.10. The Balaban J connectivity index is 2.23. The second-order valence-electron chi connectivity index (χ2n) is 4.06. The average Bonchev–Trinajstić information content (AvgIpc) is 3.06. The number of nitrogens with one attached hydrogen (secondary N) is 1. The van der Waals surface area contributed by atoms with Crippen molar-refractivity contribution in [2.24, 2.45) is 0 Å².